The Kier molecular flexibility index (Phi) is 7.79. The van der Waals surface area contributed by atoms with E-state index in [2.05, 4.69) is 20.8 Å². The quantitative estimate of drug-likeness (QED) is 0.244. The molecule has 4 rings (SSSR count). The highest BCUT2D eigenvalue weighted by molar-refractivity contribution is 7.99. The summed E-state index contributed by atoms with van der Waals surface area (Å²) in [6.45, 7) is 1.94. The van der Waals surface area contributed by atoms with Crippen LogP contribution in [0, 0.1) is 0 Å². The van der Waals surface area contributed by atoms with Gasteiger partial charge < -0.3 is 15.4 Å². The lowest BCUT2D eigenvalue weighted by molar-refractivity contribution is -0.113. The first-order valence-electron chi connectivity index (χ1n) is 10.9. The van der Waals surface area contributed by atoms with Crippen molar-refractivity contribution in [2.75, 3.05) is 23.5 Å². The highest BCUT2D eigenvalue weighted by atomic mass is 32.2. The number of para-hydroxylation sites is 1. The Morgan fingerprint density at radius 3 is 2.49 bits per heavy atom. The summed E-state index contributed by atoms with van der Waals surface area (Å²) in [5.41, 5.74) is 2.92. The summed E-state index contributed by atoms with van der Waals surface area (Å²) in [6.07, 6.45) is 0. The van der Waals surface area contributed by atoms with E-state index in [0.29, 0.717) is 34.5 Å². The number of amides is 1. The third-order valence-corrected chi connectivity index (χ3v) is 6.05. The highest BCUT2D eigenvalue weighted by Gasteiger charge is 2.17. The molecule has 0 bridgehead atoms. The number of hydrogen-bond donors (Lipinski definition) is 2. The Hall–Kier alpha value is -4.11. The Labute approximate surface area is 207 Å². The van der Waals surface area contributed by atoms with Crippen molar-refractivity contribution in [3.8, 4) is 11.4 Å². The highest BCUT2D eigenvalue weighted by Crippen LogP contribution is 2.25. The zero-order chi connectivity index (χ0) is 24.6. The number of carbonyl (C=O) groups is 2. The standard InChI is InChI=1S/C26H25N5O3S/c1-18(32)19-8-6-11-21(14-19)28-25(33)17-35-26-30-29-24(16-27-20-9-4-3-5-10-20)31(26)22-12-7-13-23(15-22)34-2/h3-15,27H,16-17H2,1-2H3,(H,28,33). The van der Waals surface area contributed by atoms with Crippen molar-refractivity contribution < 1.29 is 14.3 Å². The fraction of sp³-hybridized carbons (Fsp3) is 0.154. The summed E-state index contributed by atoms with van der Waals surface area (Å²) in [6, 6.07) is 24.3. The van der Waals surface area contributed by atoms with E-state index >= 15 is 0 Å². The number of ketones is 1. The van der Waals surface area contributed by atoms with Crippen LogP contribution in [0.2, 0.25) is 0 Å². The lowest BCUT2D eigenvalue weighted by Gasteiger charge is -2.12. The smallest absolute Gasteiger partial charge is 0.234 e. The molecule has 0 fully saturated rings. The number of aromatic nitrogens is 3. The molecule has 35 heavy (non-hydrogen) atoms. The molecule has 2 N–H and O–H groups in total. The molecule has 9 heteroatoms. The van der Waals surface area contributed by atoms with Gasteiger partial charge in [-0.05, 0) is 43.3 Å². The molecule has 0 saturated carbocycles. The summed E-state index contributed by atoms with van der Waals surface area (Å²) in [4.78, 5) is 24.2. The molecular formula is C26H25N5O3S. The number of nitrogens with zero attached hydrogens (tertiary/aromatic N) is 3. The van der Waals surface area contributed by atoms with Crippen LogP contribution in [0.25, 0.3) is 5.69 Å². The van der Waals surface area contributed by atoms with Crippen molar-refractivity contribution in [1.82, 2.24) is 14.8 Å². The molecule has 0 saturated heterocycles. The first-order valence-corrected chi connectivity index (χ1v) is 11.9. The van der Waals surface area contributed by atoms with Crippen LogP contribution in [0.3, 0.4) is 0 Å². The van der Waals surface area contributed by atoms with Crippen LogP contribution >= 0.6 is 11.8 Å². The molecule has 178 valence electrons. The molecule has 8 nitrogen and oxygen atoms in total. The van der Waals surface area contributed by atoms with E-state index in [-0.39, 0.29) is 17.4 Å². The van der Waals surface area contributed by atoms with Gasteiger partial charge >= 0.3 is 0 Å². The molecule has 4 aromatic rings. The number of methoxy groups -OCH3 is 1. The first kappa shape index (κ1) is 24.0. The number of anilines is 2. The summed E-state index contributed by atoms with van der Waals surface area (Å²) in [5, 5.41) is 15.5. The Balaban J connectivity index is 1.52. The summed E-state index contributed by atoms with van der Waals surface area (Å²) in [7, 11) is 1.62. The maximum absolute atomic E-state index is 12.6. The van der Waals surface area contributed by atoms with Crippen molar-refractivity contribution >= 4 is 34.8 Å². The molecule has 0 aliphatic carbocycles. The molecule has 3 aromatic carbocycles. The third kappa shape index (κ3) is 6.27. The number of ether oxygens (including phenoxy) is 1. The second kappa shape index (κ2) is 11.3. The molecule has 1 amide bonds. The van der Waals surface area contributed by atoms with Gasteiger partial charge in [0.05, 0.1) is 25.1 Å². The topological polar surface area (TPSA) is 98.1 Å². The van der Waals surface area contributed by atoms with E-state index in [0.717, 1.165) is 11.4 Å². The molecule has 0 aliphatic rings. The number of nitrogens with one attached hydrogen (secondary N) is 2. The van der Waals surface area contributed by atoms with Crippen molar-refractivity contribution in [3.63, 3.8) is 0 Å². The van der Waals surface area contributed by atoms with E-state index in [4.69, 9.17) is 4.74 Å². The van der Waals surface area contributed by atoms with Gasteiger partial charge in [0.15, 0.2) is 16.8 Å². The Morgan fingerprint density at radius 2 is 1.71 bits per heavy atom. The summed E-state index contributed by atoms with van der Waals surface area (Å²) >= 11 is 1.28. The van der Waals surface area contributed by atoms with E-state index in [1.807, 2.05) is 59.2 Å². The van der Waals surface area contributed by atoms with Crippen LogP contribution in [-0.4, -0.2) is 39.3 Å². The van der Waals surface area contributed by atoms with Crippen LogP contribution in [-0.2, 0) is 11.3 Å². The van der Waals surface area contributed by atoms with Crippen LogP contribution in [0.4, 0.5) is 11.4 Å². The monoisotopic (exact) mass is 487 g/mol. The molecule has 0 unspecified atom stereocenters. The van der Waals surface area contributed by atoms with Gasteiger partial charge in [-0.25, -0.2) is 0 Å². The van der Waals surface area contributed by atoms with Crippen molar-refractivity contribution in [1.29, 1.82) is 0 Å². The number of rotatable bonds is 10. The molecule has 1 heterocycles. The predicted molar refractivity (Wildman–Crippen MR) is 137 cm³/mol. The third-order valence-electron chi connectivity index (χ3n) is 5.12. The number of hydrogen-bond acceptors (Lipinski definition) is 7. The second-order valence-corrected chi connectivity index (χ2v) is 8.57. The largest absolute Gasteiger partial charge is 0.497 e. The molecule has 0 aliphatic heterocycles. The minimum absolute atomic E-state index is 0.0569. The zero-order valence-electron chi connectivity index (χ0n) is 19.4. The van der Waals surface area contributed by atoms with Crippen LogP contribution in [0.5, 0.6) is 5.75 Å². The number of carbonyl (C=O) groups excluding carboxylic acids is 2. The fourth-order valence-corrected chi connectivity index (χ4v) is 4.17. The van der Waals surface area contributed by atoms with Crippen molar-refractivity contribution in [3.05, 3.63) is 90.3 Å². The summed E-state index contributed by atoms with van der Waals surface area (Å²) < 4.78 is 7.30. The minimum atomic E-state index is -0.208. The molecule has 0 atom stereocenters. The van der Waals surface area contributed by atoms with Gasteiger partial charge in [0.1, 0.15) is 5.75 Å². The SMILES string of the molecule is COc1cccc(-n2c(CNc3ccccc3)nnc2SCC(=O)Nc2cccc(C(C)=O)c2)c1. The van der Waals surface area contributed by atoms with Gasteiger partial charge in [-0.1, -0.05) is 48.2 Å². The number of benzene rings is 3. The van der Waals surface area contributed by atoms with E-state index in [9.17, 15) is 9.59 Å². The van der Waals surface area contributed by atoms with Gasteiger partial charge in [-0.2, -0.15) is 0 Å². The molecule has 0 radical (unpaired) electrons. The van der Waals surface area contributed by atoms with Gasteiger partial charge in [0.25, 0.3) is 0 Å². The second-order valence-electron chi connectivity index (χ2n) is 7.63. The maximum Gasteiger partial charge on any atom is 0.234 e. The average Bonchev–Trinajstić information content (AvgIpc) is 3.30. The van der Waals surface area contributed by atoms with Gasteiger partial charge in [0.2, 0.25) is 5.91 Å². The maximum atomic E-state index is 12.6. The van der Waals surface area contributed by atoms with Crippen LogP contribution < -0.4 is 15.4 Å². The van der Waals surface area contributed by atoms with Crippen LogP contribution in [0.15, 0.2) is 84.0 Å². The number of Topliss-reactive ketones (excluding diaryl/α,β-unsaturated/α-hetero) is 1. The first-order chi connectivity index (χ1) is 17.0. The molecule has 1 aromatic heterocycles. The number of thioether (sulfide) groups is 1. The van der Waals surface area contributed by atoms with Gasteiger partial charge in [0, 0.05) is 23.0 Å². The lowest BCUT2D eigenvalue weighted by Crippen LogP contribution is -2.15. The van der Waals surface area contributed by atoms with Gasteiger partial charge in [-0.15, -0.1) is 10.2 Å². The van der Waals surface area contributed by atoms with E-state index in [1.54, 1.807) is 31.4 Å². The molecule has 0 spiro atoms. The van der Waals surface area contributed by atoms with Crippen LogP contribution in [0.1, 0.15) is 23.1 Å². The molecular weight excluding hydrogens is 462 g/mol. The average molecular weight is 488 g/mol. The Morgan fingerprint density at radius 1 is 0.943 bits per heavy atom. The lowest BCUT2D eigenvalue weighted by atomic mass is 10.1. The summed E-state index contributed by atoms with van der Waals surface area (Å²) in [5.74, 6) is 1.26. The van der Waals surface area contributed by atoms with Crippen molar-refractivity contribution in [2.45, 2.75) is 18.6 Å². The van der Waals surface area contributed by atoms with Crippen molar-refractivity contribution in [2.24, 2.45) is 0 Å². The minimum Gasteiger partial charge on any atom is -0.497 e. The fourth-order valence-electron chi connectivity index (χ4n) is 3.40. The predicted octanol–water partition coefficient (Wildman–Crippen LogP) is 4.82. The van der Waals surface area contributed by atoms with E-state index < -0.39 is 0 Å². The normalized spacial score (nSPS) is 10.6. The van der Waals surface area contributed by atoms with E-state index in [1.165, 1.54) is 18.7 Å². The zero-order valence-corrected chi connectivity index (χ0v) is 20.2. The van der Waals surface area contributed by atoms with Gasteiger partial charge in [-0.3, -0.25) is 14.2 Å². The Bertz CT molecular complexity index is 1320.